The highest BCUT2D eigenvalue weighted by Crippen LogP contribution is 2.47. The van der Waals surface area contributed by atoms with E-state index in [9.17, 15) is 9.90 Å². The van der Waals surface area contributed by atoms with E-state index < -0.39 is 84.3 Å². The summed E-state index contributed by atoms with van der Waals surface area (Å²) in [4.78, 5) is 12.9. The standard InChI is InChI=1S/C38H68O9Si3/c1-19-41-28(2)44-30-25-29(21-23-37(40,27-42-33(39)34(3,4)5)31-26-43-36(9,10)45-31)38(47-49(14,15)16,22-20-24-48(11,12)13)32(30)46-50(17,18)35(6,7)8/h25,28,30-32,40H,19,22,26-27H2,1-18H3/t28?,30-,31-,32+,37+,38+/m1/s1. The molecule has 1 N–H and O–H groups in total. The smallest absolute Gasteiger partial charge is 0.311 e. The van der Waals surface area contributed by atoms with Crippen molar-refractivity contribution in [3.63, 3.8) is 0 Å². The Bertz CT molecular complexity index is 1340. The number of hydrogen-bond acceptors (Lipinski definition) is 9. The number of aliphatic hydroxyl groups is 1. The lowest BCUT2D eigenvalue weighted by Crippen LogP contribution is -2.58. The maximum atomic E-state index is 12.9. The molecule has 0 aromatic rings. The molecular weight excluding hydrogens is 685 g/mol. The van der Waals surface area contributed by atoms with Gasteiger partial charge in [0.05, 0.1) is 12.0 Å². The molecule has 0 bridgehead atoms. The van der Waals surface area contributed by atoms with E-state index in [0.717, 1.165) is 0 Å². The summed E-state index contributed by atoms with van der Waals surface area (Å²) in [6, 6.07) is 0. The molecule has 0 aromatic heterocycles. The molecule has 0 saturated carbocycles. The van der Waals surface area contributed by atoms with Crippen LogP contribution in [0, 0.1) is 28.7 Å². The Kier molecular flexibility index (Phi) is 14.3. The molecule has 0 aromatic carbocycles. The highest BCUT2D eigenvalue weighted by atomic mass is 28.4. The van der Waals surface area contributed by atoms with E-state index in [2.05, 4.69) is 96.5 Å². The number of hydrogen-bond donors (Lipinski definition) is 1. The van der Waals surface area contributed by atoms with Gasteiger partial charge in [-0.15, -0.1) is 11.5 Å². The van der Waals surface area contributed by atoms with Gasteiger partial charge in [0, 0.05) is 18.6 Å². The second-order valence-electron chi connectivity index (χ2n) is 18.7. The average Bonchev–Trinajstić information content (AvgIpc) is 3.40. The number of carbonyl (C=O) groups excluding carboxylic acids is 1. The summed E-state index contributed by atoms with van der Waals surface area (Å²) in [5, 5.41) is 12.1. The average molecular weight is 753 g/mol. The van der Waals surface area contributed by atoms with Crippen molar-refractivity contribution in [2.45, 2.75) is 175 Å². The van der Waals surface area contributed by atoms with Gasteiger partial charge >= 0.3 is 5.97 Å². The highest BCUT2D eigenvalue weighted by molar-refractivity contribution is 6.83. The van der Waals surface area contributed by atoms with Crippen LogP contribution in [0.2, 0.25) is 57.4 Å². The SMILES string of the molecule is CCOC(C)O[C@@H]1C=C(C#C[C@](O)(COC(=O)C(C)(C)C)[C@H]2COC(C)(C)O2)[C@](CC#C[Si](C)(C)C)(O[Si](C)(C)C)[C@H]1O[Si](C)(C)C(C)(C)C. The lowest BCUT2D eigenvalue weighted by Gasteiger charge is -2.47. The molecule has 1 unspecified atom stereocenters. The quantitative estimate of drug-likeness (QED) is 0.0945. The van der Waals surface area contributed by atoms with Gasteiger partial charge in [0.2, 0.25) is 0 Å². The van der Waals surface area contributed by atoms with Crippen molar-refractivity contribution in [2.75, 3.05) is 19.8 Å². The normalized spacial score (nSPS) is 26.2. The van der Waals surface area contributed by atoms with Crippen molar-refractivity contribution in [2.24, 2.45) is 5.41 Å². The highest BCUT2D eigenvalue weighted by Gasteiger charge is 2.57. The summed E-state index contributed by atoms with van der Waals surface area (Å²) in [6.07, 6.45) is -0.335. The van der Waals surface area contributed by atoms with E-state index in [1.807, 2.05) is 19.9 Å². The predicted molar refractivity (Wildman–Crippen MR) is 207 cm³/mol. The molecule has 0 spiro atoms. The van der Waals surface area contributed by atoms with Crippen LogP contribution in [0.5, 0.6) is 0 Å². The number of esters is 1. The molecule has 1 aliphatic carbocycles. The molecule has 9 nitrogen and oxygen atoms in total. The van der Waals surface area contributed by atoms with Gasteiger partial charge in [-0.05, 0) is 92.3 Å². The number of carbonyl (C=O) groups is 1. The van der Waals surface area contributed by atoms with Crippen molar-refractivity contribution in [1.82, 2.24) is 0 Å². The van der Waals surface area contributed by atoms with Crippen LogP contribution < -0.4 is 0 Å². The van der Waals surface area contributed by atoms with Gasteiger partial charge < -0.3 is 37.6 Å². The van der Waals surface area contributed by atoms with Gasteiger partial charge in [-0.2, -0.15) is 0 Å². The molecule has 0 amide bonds. The summed E-state index contributed by atoms with van der Waals surface area (Å²) in [6.45, 7) is 36.9. The Balaban J connectivity index is 2.92. The van der Waals surface area contributed by atoms with E-state index in [0.29, 0.717) is 18.6 Å². The molecule has 2 aliphatic rings. The summed E-state index contributed by atoms with van der Waals surface area (Å²) >= 11 is 0. The first kappa shape index (κ1) is 44.9. The van der Waals surface area contributed by atoms with Gasteiger partial charge in [-0.25, -0.2) is 0 Å². The largest absolute Gasteiger partial charge is 0.461 e. The molecule has 286 valence electrons. The Morgan fingerprint density at radius 2 is 1.66 bits per heavy atom. The van der Waals surface area contributed by atoms with E-state index >= 15 is 0 Å². The predicted octanol–water partition coefficient (Wildman–Crippen LogP) is 7.42. The van der Waals surface area contributed by atoms with Gasteiger partial charge in [-0.3, -0.25) is 4.79 Å². The minimum Gasteiger partial charge on any atom is -0.461 e. The zero-order chi connectivity index (χ0) is 38.8. The Morgan fingerprint density at radius 1 is 1.06 bits per heavy atom. The molecule has 12 heteroatoms. The van der Waals surface area contributed by atoms with Gasteiger partial charge in [-0.1, -0.05) is 52.3 Å². The fourth-order valence-electron chi connectivity index (χ4n) is 5.25. The fourth-order valence-corrected chi connectivity index (χ4v) is 8.58. The summed E-state index contributed by atoms with van der Waals surface area (Å²) in [7, 11) is -6.56. The van der Waals surface area contributed by atoms with Crippen LogP contribution in [0.25, 0.3) is 0 Å². The molecule has 1 fully saturated rings. The van der Waals surface area contributed by atoms with Crippen LogP contribution in [0.1, 0.15) is 75.7 Å². The van der Waals surface area contributed by atoms with Crippen molar-refractivity contribution in [3.8, 4) is 23.3 Å². The van der Waals surface area contributed by atoms with E-state index in [1.54, 1.807) is 34.6 Å². The third kappa shape index (κ3) is 12.4. The zero-order valence-corrected chi connectivity index (χ0v) is 37.4. The van der Waals surface area contributed by atoms with Gasteiger partial charge in [0.15, 0.2) is 34.3 Å². The Labute approximate surface area is 307 Å². The lowest BCUT2D eigenvalue weighted by atomic mass is 9.88. The van der Waals surface area contributed by atoms with Crippen molar-refractivity contribution in [1.29, 1.82) is 0 Å². The minimum atomic E-state index is -2.44. The molecule has 1 saturated heterocycles. The summed E-state index contributed by atoms with van der Waals surface area (Å²) < 4.78 is 44.7. The molecule has 1 heterocycles. The molecule has 0 radical (unpaired) electrons. The monoisotopic (exact) mass is 752 g/mol. The van der Waals surface area contributed by atoms with Crippen LogP contribution in [0.4, 0.5) is 0 Å². The van der Waals surface area contributed by atoms with Crippen LogP contribution in [0.15, 0.2) is 11.6 Å². The van der Waals surface area contributed by atoms with Crippen LogP contribution in [-0.2, 0) is 37.3 Å². The van der Waals surface area contributed by atoms with Gasteiger partial charge in [0.1, 0.15) is 38.6 Å². The molecule has 50 heavy (non-hydrogen) atoms. The van der Waals surface area contributed by atoms with Gasteiger partial charge in [0.25, 0.3) is 0 Å². The molecule has 6 atom stereocenters. The topological polar surface area (TPSA) is 102 Å². The maximum absolute atomic E-state index is 12.9. The minimum absolute atomic E-state index is 0.0667. The third-order valence-corrected chi connectivity index (χ3v) is 15.2. The second-order valence-corrected chi connectivity index (χ2v) is 32.6. The molecule has 1 aliphatic heterocycles. The summed E-state index contributed by atoms with van der Waals surface area (Å²) in [5.41, 5.74) is 0.334. The Hall–Kier alpha value is -1.30. The maximum Gasteiger partial charge on any atom is 0.311 e. The zero-order valence-electron chi connectivity index (χ0n) is 34.4. The fraction of sp³-hybridized carbons (Fsp3) is 0.816. The van der Waals surface area contributed by atoms with E-state index in [4.69, 9.17) is 32.5 Å². The first-order valence-electron chi connectivity index (χ1n) is 18.0. The molecular formula is C38H68O9Si3. The number of rotatable bonds is 12. The Morgan fingerprint density at radius 3 is 2.12 bits per heavy atom. The van der Waals surface area contributed by atoms with E-state index in [1.165, 1.54) is 0 Å². The van der Waals surface area contributed by atoms with Crippen molar-refractivity contribution < 1.29 is 42.4 Å². The van der Waals surface area contributed by atoms with Crippen LogP contribution in [-0.4, -0.2) is 97.2 Å². The first-order valence-corrected chi connectivity index (χ1v) is 27.8. The van der Waals surface area contributed by atoms with Crippen LogP contribution in [0.3, 0.4) is 0 Å². The summed E-state index contributed by atoms with van der Waals surface area (Å²) in [5.74, 6) is 8.53. The molecule has 2 rings (SSSR count). The second kappa shape index (κ2) is 16.0. The third-order valence-electron chi connectivity index (χ3n) is 8.82. The van der Waals surface area contributed by atoms with Crippen LogP contribution >= 0.6 is 0 Å². The van der Waals surface area contributed by atoms with E-state index in [-0.39, 0.29) is 11.6 Å². The van der Waals surface area contributed by atoms with Crippen molar-refractivity contribution >= 4 is 30.7 Å². The lowest BCUT2D eigenvalue weighted by molar-refractivity contribution is -0.178. The first-order chi connectivity index (χ1) is 22.4. The number of ether oxygens (including phenoxy) is 5. The van der Waals surface area contributed by atoms with Crippen molar-refractivity contribution in [3.05, 3.63) is 11.6 Å².